The molecule has 0 unspecified atom stereocenters. The molecule has 1 amide bonds. The van der Waals surface area contributed by atoms with E-state index in [-0.39, 0.29) is 5.91 Å². The third-order valence-corrected chi connectivity index (χ3v) is 2.81. The van der Waals surface area contributed by atoms with Crippen molar-refractivity contribution in [1.82, 2.24) is 14.5 Å². The minimum atomic E-state index is -0.180. The molecule has 0 aliphatic heterocycles. The number of aromatic nitrogens is 3. The van der Waals surface area contributed by atoms with Gasteiger partial charge >= 0.3 is 0 Å². The van der Waals surface area contributed by atoms with Crippen molar-refractivity contribution in [3.63, 3.8) is 0 Å². The Morgan fingerprint density at radius 2 is 1.95 bits per heavy atom. The summed E-state index contributed by atoms with van der Waals surface area (Å²) in [4.78, 5) is 20.2. The van der Waals surface area contributed by atoms with Crippen molar-refractivity contribution in [2.45, 2.75) is 0 Å². The predicted octanol–water partition coefficient (Wildman–Crippen LogP) is 2.52. The number of nitrogens with one attached hydrogen (secondary N) is 1. The van der Waals surface area contributed by atoms with Crippen LogP contribution in [-0.2, 0) is 0 Å². The van der Waals surface area contributed by atoms with Gasteiger partial charge in [0.15, 0.2) is 0 Å². The zero-order valence-corrected chi connectivity index (χ0v) is 10.6. The number of imidazole rings is 1. The summed E-state index contributed by atoms with van der Waals surface area (Å²) in [7, 11) is 0. The van der Waals surface area contributed by atoms with Gasteiger partial charge in [0, 0.05) is 24.3 Å². The molecule has 1 aromatic carbocycles. The lowest BCUT2D eigenvalue weighted by atomic mass is 10.2. The second-order valence-corrected chi connectivity index (χ2v) is 4.20. The minimum Gasteiger partial charge on any atom is -0.322 e. The van der Waals surface area contributed by atoms with E-state index in [4.69, 9.17) is 0 Å². The molecule has 0 saturated carbocycles. The fraction of sp³-hybridized carbons (Fsp3) is 0. The Morgan fingerprint density at radius 3 is 2.60 bits per heavy atom. The number of hydrogen-bond acceptors (Lipinski definition) is 3. The molecule has 1 N–H and O–H groups in total. The molecule has 2 heterocycles. The van der Waals surface area contributed by atoms with Crippen LogP contribution in [0.1, 0.15) is 10.4 Å². The number of rotatable bonds is 3. The van der Waals surface area contributed by atoms with Crippen LogP contribution in [0, 0.1) is 0 Å². The smallest absolute Gasteiger partial charge is 0.257 e. The van der Waals surface area contributed by atoms with Crippen molar-refractivity contribution in [3.05, 3.63) is 72.9 Å². The van der Waals surface area contributed by atoms with E-state index in [0.29, 0.717) is 5.56 Å². The zero-order valence-electron chi connectivity index (χ0n) is 10.6. The summed E-state index contributed by atoms with van der Waals surface area (Å²) in [6, 6.07) is 12.8. The number of pyridine rings is 1. The number of benzene rings is 1. The van der Waals surface area contributed by atoms with E-state index < -0.39 is 0 Å². The molecule has 5 nitrogen and oxygen atoms in total. The van der Waals surface area contributed by atoms with Gasteiger partial charge in [-0.15, -0.1) is 0 Å². The monoisotopic (exact) mass is 264 g/mol. The van der Waals surface area contributed by atoms with Crippen LogP contribution < -0.4 is 5.32 Å². The molecule has 0 aliphatic rings. The largest absolute Gasteiger partial charge is 0.322 e. The number of hydrogen-bond donors (Lipinski definition) is 1. The van der Waals surface area contributed by atoms with Crippen LogP contribution >= 0.6 is 0 Å². The molecule has 0 spiro atoms. The van der Waals surface area contributed by atoms with Crippen LogP contribution in [-0.4, -0.2) is 20.4 Å². The lowest BCUT2D eigenvalue weighted by Crippen LogP contribution is -2.12. The normalized spacial score (nSPS) is 10.2. The molecule has 0 atom stereocenters. The lowest BCUT2D eigenvalue weighted by Gasteiger charge is -2.05. The first-order valence-corrected chi connectivity index (χ1v) is 6.14. The fourth-order valence-corrected chi connectivity index (χ4v) is 1.79. The van der Waals surface area contributed by atoms with E-state index in [1.807, 2.05) is 30.3 Å². The summed E-state index contributed by atoms with van der Waals surface area (Å²) in [6.45, 7) is 0. The van der Waals surface area contributed by atoms with E-state index in [0.717, 1.165) is 11.5 Å². The molecule has 0 bridgehead atoms. The molecular weight excluding hydrogens is 252 g/mol. The van der Waals surface area contributed by atoms with Crippen molar-refractivity contribution in [2.75, 3.05) is 5.32 Å². The van der Waals surface area contributed by atoms with Gasteiger partial charge in [0.25, 0.3) is 5.91 Å². The number of anilines is 1. The van der Waals surface area contributed by atoms with Gasteiger partial charge in [-0.2, -0.15) is 0 Å². The third kappa shape index (κ3) is 2.56. The SMILES string of the molecule is O=C(Nc1ccccc1)c1ccc(-n2ccnc2)nc1. The Balaban J connectivity index is 1.76. The maximum absolute atomic E-state index is 12.0. The third-order valence-electron chi connectivity index (χ3n) is 2.81. The van der Waals surface area contributed by atoms with Gasteiger partial charge in [0.05, 0.1) is 5.56 Å². The van der Waals surface area contributed by atoms with Crippen molar-refractivity contribution in [1.29, 1.82) is 0 Å². The van der Waals surface area contributed by atoms with E-state index in [9.17, 15) is 4.79 Å². The van der Waals surface area contributed by atoms with Crippen molar-refractivity contribution in [3.8, 4) is 5.82 Å². The summed E-state index contributed by atoms with van der Waals surface area (Å²) in [6.07, 6.45) is 6.68. The summed E-state index contributed by atoms with van der Waals surface area (Å²) in [5, 5.41) is 2.81. The molecule has 3 aromatic rings. The summed E-state index contributed by atoms with van der Waals surface area (Å²) in [5.41, 5.74) is 1.27. The first-order chi connectivity index (χ1) is 9.83. The minimum absolute atomic E-state index is 0.180. The highest BCUT2D eigenvalue weighted by Crippen LogP contribution is 2.09. The highest BCUT2D eigenvalue weighted by molar-refractivity contribution is 6.04. The van der Waals surface area contributed by atoms with Gasteiger partial charge in [-0.3, -0.25) is 9.36 Å². The highest BCUT2D eigenvalue weighted by Gasteiger charge is 2.06. The van der Waals surface area contributed by atoms with E-state index in [2.05, 4.69) is 15.3 Å². The van der Waals surface area contributed by atoms with Gasteiger partial charge in [-0.1, -0.05) is 18.2 Å². The summed E-state index contributed by atoms with van der Waals surface area (Å²) >= 11 is 0. The molecule has 20 heavy (non-hydrogen) atoms. The molecular formula is C15H12N4O. The lowest BCUT2D eigenvalue weighted by molar-refractivity contribution is 0.102. The Kier molecular flexibility index (Phi) is 3.24. The maximum atomic E-state index is 12.0. The zero-order chi connectivity index (χ0) is 13.8. The number of amides is 1. The molecule has 3 rings (SSSR count). The first-order valence-electron chi connectivity index (χ1n) is 6.14. The number of para-hydroxylation sites is 1. The van der Waals surface area contributed by atoms with Crippen molar-refractivity contribution < 1.29 is 4.79 Å². The van der Waals surface area contributed by atoms with Crippen LogP contribution in [0.4, 0.5) is 5.69 Å². The summed E-state index contributed by atoms with van der Waals surface area (Å²) in [5.74, 6) is 0.541. The van der Waals surface area contributed by atoms with Gasteiger partial charge < -0.3 is 5.32 Å². The molecule has 0 aliphatic carbocycles. The van der Waals surface area contributed by atoms with Crippen LogP contribution in [0.15, 0.2) is 67.4 Å². The van der Waals surface area contributed by atoms with Crippen molar-refractivity contribution in [2.24, 2.45) is 0 Å². The Morgan fingerprint density at radius 1 is 1.10 bits per heavy atom. The van der Waals surface area contributed by atoms with Gasteiger partial charge in [-0.25, -0.2) is 9.97 Å². The standard InChI is InChI=1S/C15H12N4O/c20-15(18-13-4-2-1-3-5-13)12-6-7-14(17-10-12)19-9-8-16-11-19/h1-11H,(H,18,20). The second-order valence-electron chi connectivity index (χ2n) is 4.20. The summed E-state index contributed by atoms with van der Waals surface area (Å²) < 4.78 is 1.78. The average Bonchev–Trinajstić information content (AvgIpc) is 3.03. The van der Waals surface area contributed by atoms with Crippen LogP contribution in [0.3, 0.4) is 0 Å². The van der Waals surface area contributed by atoms with Crippen molar-refractivity contribution >= 4 is 11.6 Å². The number of carbonyl (C=O) groups is 1. The molecule has 98 valence electrons. The highest BCUT2D eigenvalue weighted by atomic mass is 16.1. The Labute approximate surface area is 115 Å². The van der Waals surface area contributed by atoms with Gasteiger partial charge in [0.1, 0.15) is 12.1 Å². The molecule has 0 fully saturated rings. The average molecular weight is 264 g/mol. The predicted molar refractivity (Wildman–Crippen MR) is 75.8 cm³/mol. The topological polar surface area (TPSA) is 59.8 Å². The quantitative estimate of drug-likeness (QED) is 0.790. The Hall–Kier alpha value is -2.95. The first kappa shape index (κ1) is 12.1. The van der Waals surface area contributed by atoms with Gasteiger partial charge in [-0.05, 0) is 24.3 Å². The van der Waals surface area contributed by atoms with Crippen LogP contribution in [0.2, 0.25) is 0 Å². The Bertz CT molecular complexity index is 691. The van der Waals surface area contributed by atoms with Crippen LogP contribution in [0.5, 0.6) is 0 Å². The number of carbonyl (C=O) groups excluding carboxylic acids is 1. The number of nitrogens with zero attached hydrogens (tertiary/aromatic N) is 3. The molecule has 5 heteroatoms. The second kappa shape index (κ2) is 5.36. The van der Waals surface area contributed by atoms with E-state index in [1.165, 1.54) is 0 Å². The maximum Gasteiger partial charge on any atom is 0.257 e. The van der Waals surface area contributed by atoms with E-state index >= 15 is 0 Å². The molecule has 2 aromatic heterocycles. The molecule has 0 radical (unpaired) electrons. The molecule has 0 saturated heterocycles. The van der Waals surface area contributed by atoms with E-state index in [1.54, 1.807) is 41.6 Å². The van der Waals surface area contributed by atoms with Crippen LogP contribution in [0.25, 0.3) is 5.82 Å². The fourth-order valence-electron chi connectivity index (χ4n) is 1.79. The van der Waals surface area contributed by atoms with Gasteiger partial charge in [0.2, 0.25) is 0 Å².